The zero-order chi connectivity index (χ0) is 26.7. The fourth-order valence-electron chi connectivity index (χ4n) is 3.47. The fraction of sp³-hybridized carbons (Fsp3) is 0.500. The van der Waals surface area contributed by atoms with Gasteiger partial charge < -0.3 is 19.1 Å². The largest absolute Gasteiger partial charge is 0.462 e. The van der Waals surface area contributed by atoms with Crippen LogP contribution in [0.15, 0.2) is 52.2 Å². The van der Waals surface area contributed by atoms with Gasteiger partial charge in [0.2, 0.25) is 0 Å². The lowest BCUT2D eigenvalue weighted by Crippen LogP contribution is -2.43. The van der Waals surface area contributed by atoms with Crippen molar-refractivity contribution in [3.05, 3.63) is 63.4 Å². The van der Waals surface area contributed by atoms with Gasteiger partial charge in [0.1, 0.15) is 24.0 Å². The Hall–Kier alpha value is -2.83. The maximum absolute atomic E-state index is 15.4. The van der Waals surface area contributed by atoms with Crippen LogP contribution >= 0.6 is 7.75 Å². The third kappa shape index (κ3) is 6.48. The molecule has 0 spiro atoms. The third-order valence-corrected chi connectivity index (χ3v) is 6.90. The number of aromatic nitrogens is 2. The predicted octanol–water partition coefficient (Wildman–Crippen LogP) is 1.66. The number of alkyl halides is 1. The predicted molar refractivity (Wildman–Crippen MR) is 125 cm³/mol. The van der Waals surface area contributed by atoms with Gasteiger partial charge in [-0.25, -0.2) is 13.8 Å². The van der Waals surface area contributed by atoms with Gasteiger partial charge in [-0.1, -0.05) is 18.2 Å². The molecular weight excluding hydrogens is 500 g/mol. The number of aliphatic hydroxyl groups is 1. The van der Waals surface area contributed by atoms with Crippen molar-refractivity contribution in [2.24, 2.45) is 0 Å². The first-order valence-electron chi connectivity index (χ1n) is 11.1. The zero-order valence-corrected chi connectivity index (χ0v) is 21.0. The molecule has 1 aromatic heterocycles. The van der Waals surface area contributed by atoms with Crippen molar-refractivity contribution >= 4 is 13.7 Å². The highest BCUT2D eigenvalue weighted by Gasteiger charge is 2.55. The maximum Gasteiger partial charge on any atom is 0.459 e. The minimum Gasteiger partial charge on any atom is -0.462 e. The molecule has 36 heavy (non-hydrogen) atoms. The summed E-state index contributed by atoms with van der Waals surface area (Å²) in [5.41, 5.74) is -4.12. The number of halogens is 1. The van der Waals surface area contributed by atoms with E-state index >= 15 is 4.39 Å². The number of hydrogen-bond donors (Lipinski definition) is 3. The van der Waals surface area contributed by atoms with E-state index in [1.165, 1.54) is 19.1 Å². The van der Waals surface area contributed by atoms with E-state index in [1.54, 1.807) is 32.0 Å². The van der Waals surface area contributed by atoms with Crippen LogP contribution < -0.4 is 20.9 Å². The molecule has 0 unspecified atom stereocenters. The van der Waals surface area contributed by atoms with E-state index in [1.807, 2.05) is 4.98 Å². The molecule has 0 aliphatic carbocycles. The summed E-state index contributed by atoms with van der Waals surface area (Å²) < 4.78 is 51.4. The molecule has 0 radical (unpaired) electrons. The molecule has 0 amide bonds. The van der Waals surface area contributed by atoms with Crippen LogP contribution in [0.2, 0.25) is 0 Å². The highest BCUT2D eigenvalue weighted by atomic mass is 31.2. The summed E-state index contributed by atoms with van der Waals surface area (Å²) in [6, 6.07) is 7.86. The fourth-order valence-corrected chi connectivity index (χ4v) is 4.97. The second kappa shape index (κ2) is 11.1. The summed E-state index contributed by atoms with van der Waals surface area (Å²) in [6.07, 6.45) is -4.21. The first-order valence-corrected chi connectivity index (χ1v) is 12.7. The van der Waals surface area contributed by atoms with E-state index in [0.717, 1.165) is 23.8 Å². The van der Waals surface area contributed by atoms with Crippen molar-refractivity contribution < 1.29 is 37.4 Å². The number of esters is 1. The Morgan fingerprint density at radius 3 is 2.56 bits per heavy atom. The number of aliphatic hydroxyl groups excluding tert-OH is 1. The lowest BCUT2D eigenvalue weighted by molar-refractivity contribution is -0.149. The van der Waals surface area contributed by atoms with Crippen LogP contribution in [-0.2, 0) is 23.4 Å². The SMILES string of the molecule is CC(C)OC(=O)[C@H](C)N[P@@](=O)(OC[C@H]1O[C@H](n2ccc(=O)[nH]c2=O)[C@](C)(F)[C@@H]1O)Oc1ccccc1. The van der Waals surface area contributed by atoms with Crippen LogP contribution in [0, 0.1) is 0 Å². The summed E-state index contributed by atoms with van der Waals surface area (Å²) in [7, 11) is -4.30. The summed E-state index contributed by atoms with van der Waals surface area (Å²) in [4.78, 5) is 37.7. The Labute approximate surface area is 205 Å². The number of benzene rings is 1. The molecule has 0 bridgehead atoms. The Morgan fingerprint density at radius 1 is 1.28 bits per heavy atom. The Balaban J connectivity index is 1.80. The van der Waals surface area contributed by atoms with E-state index in [2.05, 4.69) is 5.09 Å². The standard InChI is InChI=1S/C22H29FN3O9P/c1-13(2)33-19(29)14(3)25-36(31,35-15-8-6-5-7-9-15)32-12-16-18(28)22(4,23)20(34-16)26-11-10-17(27)24-21(26)30/h5-11,13-14,16,18,20,28H,12H2,1-4H3,(H,25,31)(H,24,27,30)/t14-,16+,18+,20-,22+,36+/m0/s1. The third-order valence-electron chi connectivity index (χ3n) is 5.26. The van der Waals surface area contributed by atoms with Gasteiger partial charge >= 0.3 is 19.4 Å². The molecule has 1 aromatic carbocycles. The average molecular weight is 529 g/mol. The van der Waals surface area contributed by atoms with Gasteiger partial charge in [0.05, 0.1) is 12.7 Å². The monoisotopic (exact) mass is 529 g/mol. The minimum atomic E-state index is -4.30. The van der Waals surface area contributed by atoms with E-state index in [4.69, 9.17) is 18.5 Å². The van der Waals surface area contributed by atoms with Gasteiger partial charge in [0, 0.05) is 12.3 Å². The van der Waals surface area contributed by atoms with Crippen LogP contribution in [0.4, 0.5) is 4.39 Å². The van der Waals surface area contributed by atoms with Crippen LogP contribution in [0.5, 0.6) is 5.75 Å². The molecule has 2 heterocycles. The quantitative estimate of drug-likeness (QED) is 0.305. The van der Waals surface area contributed by atoms with Crippen LogP contribution in [0.25, 0.3) is 0 Å². The topological polar surface area (TPSA) is 158 Å². The van der Waals surface area contributed by atoms with Gasteiger partial charge in [0.25, 0.3) is 5.56 Å². The normalized spacial score (nSPS) is 26.4. The van der Waals surface area contributed by atoms with E-state index in [0.29, 0.717) is 0 Å². The van der Waals surface area contributed by atoms with Crippen molar-refractivity contribution in [2.45, 2.75) is 63.9 Å². The molecule has 0 saturated carbocycles. The van der Waals surface area contributed by atoms with Crippen LogP contribution in [0.3, 0.4) is 0 Å². The second-order valence-corrected chi connectivity index (χ2v) is 10.4. The zero-order valence-electron chi connectivity index (χ0n) is 20.1. The molecule has 12 nitrogen and oxygen atoms in total. The molecule has 1 fully saturated rings. The number of hydrogen-bond acceptors (Lipinski definition) is 9. The second-order valence-electron chi connectivity index (χ2n) is 8.67. The number of ether oxygens (including phenoxy) is 2. The molecule has 14 heteroatoms. The number of rotatable bonds is 10. The van der Waals surface area contributed by atoms with Gasteiger partial charge in [0.15, 0.2) is 11.9 Å². The smallest absolute Gasteiger partial charge is 0.459 e. The summed E-state index contributed by atoms with van der Waals surface area (Å²) >= 11 is 0. The summed E-state index contributed by atoms with van der Waals surface area (Å²) in [5, 5.41) is 13.0. The molecular formula is C22H29FN3O9P. The van der Waals surface area contributed by atoms with E-state index in [-0.39, 0.29) is 5.75 Å². The number of para-hydroxylation sites is 1. The lowest BCUT2D eigenvalue weighted by Gasteiger charge is -2.25. The van der Waals surface area contributed by atoms with Gasteiger partial charge in [-0.2, -0.15) is 5.09 Å². The first kappa shape index (κ1) is 27.8. The number of H-pyrrole nitrogens is 1. The van der Waals surface area contributed by atoms with Crippen molar-refractivity contribution in [3.8, 4) is 5.75 Å². The van der Waals surface area contributed by atoms with Crippen molar-refractivity contribution in [2.75, 3.05) is 6.61 Å². The van der Waals surface area contributed by atoms with Gasteiger partial charge in [-0.05, 0) is 39.8 Å². The number of aromatic amines is 1. The number of nitrogens with one attached hydrogen (secondary N) is 2. The number of carbonyl (C=O) groups is 1. The number of nitrogens with zero attached hydrogens (tertiary/aromatic N) is 1. The molecule has 3 rings (SSSR count). The highest BCUT2D eigenvalue weighted by molar-refractivity contribution is 7.52. The lowest BCUT2D eigenvalue weighted by atomic mass is 9.98. The molecule has 6 atom stereocenters. The molecule has 3 N–H and O–H groups in total. The molecule has 1 aliphatic heterocycles. The summed E-state index contributed by atoms with van der Waals surface area (Å²) in [6.45, 7) is 5.07. The van der Waals surface area contributed by atoms with Crippen molar-refractivity contribution in [1.82, 2.24) is 14.6 Å². The average Bonchev–Trinajstić information content (AvgIpc) is 3.01. The summed E-state index contributed by atoms with van der Waals surface area (Å²) in [5.74, 6) is -0.560. The minimum absolute atomic E-state index is 0.152. The highest BCUT2D eigenvalue weighted by Crippen LogP contribution is 2.47. The van der Waals surface area contributed by atoms with E-state index in [9.17, 15) is 24.1 Å². The van der Waals surface area contributed by atoms with Gasteiger partial charge in [-0.3, -0.25) is 23.7 Å². The first-order chi connectivity index (χ1) is 16.8. The molecule has 1 aliphatic rings. The Morgan fingerprint density at radius 2 is 1.94 bits per heavy atom. The number of carbonyl (C=O) groups excluding carboxylic acids is 1. The van der Waals surface area contributed by atoms with Crippen LogP contribution in [-0.4, -0.2) is 57.3 Å². The Bertz CT molecular complexity index is 1220. The Kier molecular flexibility index (Phi) is 8.52. The van der Waals surface area contributed by atoms with Gasteiger partial charge in [-0.15, -0.1) is 0 Å². The van der Waals surface area contributed by atoms with Crippen molar-refractivity contribution in [1.29, 1.82) is 0 Å². The molecule has 2 aromatic rings. The molecule has 1 saturated heterocycles. The van der Waals surface area contributed by atoms with Crippen LogP contribution in [0.1, 0.15) is 33.9 Å². The van der Waals surface area contributed by atoms with E-state index < -0.39 is 67.8 Å². The maximum atomic E-state index is 15.4. The molecule has 198 valence electrons. The van der Waals surface area contributed by atoms with Crippen molar-refractivity contribution in [3.63, 3.8) is 0 Å².